The van der Waals surface area contributed by atoms with Crippen molar-refractivity contribution in [3.8, 4) is 0 Å². The summed E-state index contributed by atoms with van der Waals surface area (Å²) >= 11 is 1.17. The van der Waals surface area contributed by atoms with Crippen molar-refractivity contribution in [2.24, 2.45) is 0 Å². The van der Waals surface area contributed by atoms with E-state index in [9.17, 15) is 4.79 Å². The van der Waals surface area contributed by atoms with Gasteiger partial charge in [0.05, 0.1) is 0 Å². The zero-order chi connectivity index (χ0) is 18.3. The molecule has 0 aromatic carbocycles. The van der Waals surface area contributed by atoms with Crippen molar-refractivity contribution in [2.45, 2.75) is 117 Å². The van der Waals surface area contributed by atoms with Gasteiger partial charge in [-0.15, -0.1) is 0 Å². The molecule has 0 saturated carbocycles. The van der Waals surface area contributed by atoms with Gasteiger partial charge in [0.2, 0.25) is 0 Å². The van der Waals surface area contributed by atoms with E-state index in [-0.39, 0.29) is 0 Å². The molecule has 0 aliphatic rings. The van der Waals surface area contributed by atoms with Crippen LogP contribution in [0.5, 0.6) is 0 Å². The van der Waals surface area contributed by atoms with Crippen LogP contribution in [0.25, 0.3) is 0 Å². The standard InChI is InChI=1S/C18H36O2.C2H5O.Zr/c1-2-3-4-5-6-7-8-9-10-11-12-13-14-15-16-17-18(19)20;1-2-3;/h2-17H2,1H3,(H,19,20);2H2,1H3;/q;-1;+1. The van der Waals surface area contributed by atoms with Crippen molar-refractivity contribution in [3.05, 3.63) is 0 Å². The van der Waals surface area contributed by atoms with Crippen molar-refractivity contribution < 1.29 is 37.9 Å². The van der Waals surface area contributed by atoms with Gasteiger partial charge in [-0.25, -0.2) is 0 Å². The summed E-state index contributed by atoms with van der Waals surface area (Å²) in [7, 11) is 0. The third-order valence-corrected chi connectivity index (χ3v) is 4.85. The maximum atomic E-state index is 10.3. The molecule has 0 aromatic heterocycles. The Balaban J connectivity index is 0. The second-order valence-electron chi connectivity index (χ2n) is 6.53. The number of rotatable bonds is 17. The number of hydrogen-bond donors (Lipinski definition) is 1. The van der Waals surface area contributed by atoms with E-state index in [0.29, 0.717) is 6.42 Å². The third kappa shape index (κ3) is 30.2. The normalized spacial score (nSPS) is 10.2. The third-order valence-electron chi connectivity index (χ3n) is 4.14. The van der Waals surface area contributed by atoms with Gasteiger partial charge in [0, 0.05) is 6.42 Å². The molecule has 0 saturated heterocycles. The fourth-order valence-electron chi connectivity index (χ4n) is 2.65. The summed E-state index contributed by atoms with van der Waals surface area (Å²) in [4.78, 5) is 10.3. The summed E-state index contributed by atoms with van der Waals surface area (Å²) in [5, 5.41) is 8.52. The van der Waals surface area contributed by atoms with Crippen molar-refractivity contribution in [1.29, 1.82) is 0 Å². The van der Waals surface area contributed by atoms with Crippen molar-refractivity contribution in [2.75, 3.05) is 6.61 Å². The summed E-state index contributed by atoms with van der Waals surface area (Å²) in [6.45, 7) is 5.11. The molecule has 0 spiro atoms. The van der Waals surface area contributed by atoms with Crippen molar-refractivity contribution >= 4 is 5.97 Å². The summed E-state index contributed by atoms with van der Waals surface area (Å²) in [5.74, 6) is -0.653. The van der Waals surface area contributed by atoms with Crippen LogP contribution in [0.15, 0.2) is 0 Å². The van der Waals surface area contributed by atoms with Gasteiger partial charge in [-0.1, -0.05) is 96.8 Å². The van der Waals surface area contributed by atoms with E-state index in [0.717, 1.165) is 19.4 Å². The van der Waals surface area contributed by atoms with Crippen molar-refractivity contribution in [1.82, 2.24) is 0 Å². The first-order chi connectivity index (χ1) is 11.7. The number of hydrogen-bond acceptors (Lipinski definition) is 2. The number of carboxylic acids is 1. The monoisotopic (exact) mass is 419 g/mol. The molecule has 0 fully saturated rings. The van der Waals surface area contributed by atoms with Crippen LogP contribution in [0.4, 0.5) is 0 Å². The summed E-state index contributed by atoms with van der Waals surface area (Å²) in [5.41, 5.74) is 0. The Morgan fingerprint density at radius 2 is 1.00 bits per heavy atom. The van der Waals surface area contributed by atoms with E-state index in [1.165, 1.54) is 109 Å². The predicted octanol–water partition coefficient (Wildman–Crippen LogP) is 6.82. The van der Waals surface area contributed by atoms with Gasteiger partial charge in [0.25, 0.3) is 0 Å². The molecule has 0 radical (unpaired) electrons. The molecule has 4 heteroatoms. The quantitative estimate of drug-likeness (QED) is 0.263. The average molecular weight is 421 g/mol. The number of aliphatic carboxylic acids is 1. The van der Waals surface area contributed by atoms with Crippen LogP contribution in [0.1, 0.15) is 117 Å². The Kier molecular flexibility index (Phi) is 28.3. The molecule has 0 aliphatic carbocycles. The maximum absolute atomic E-state index is 10.3. The molecule has 0 heterocycles. The van der Waals surface area contributed by atoms with Crippen molar-refractivity contribution in [3.63, 3.8) is 0 Å². The van der Waals surface area contributed by atoms with Crippen LogP contribution in [-0.4, -0.2) is 17.7 Å². The topological polar surface area (TPSA) is 46.5 Å². The first kappa shape index (κ1) is 26.5. The van der Waals surface area contributed by atoms with E-state index in [1.54, 1.807) is 0 Å². The fraction of sp³-hybridized carbons (Fsp3) is 0.950. The molecule has 0 rings (SSSR count). The van der Waals surface area contributed by atoms with Crippen LogP contribution in [-0.2, 0) is 32.8 Å². The SMILES string of the molecule is CCCCCCCCCCCCCCCCCC(=O)O.CC[O][Zr]. The number of carboxylic acid groups (broad SMARTS) is 1. The van der Waals surface area contributed by atoms with E-state index < -0.39 is 5.97 Å². The molecule has 143 valence electrons. The molecule has 0 bridgehead atoms. The number of unbranched alkanes of at least 4 members (excludes halogenated alkanes) is 14. The molecular weight excluding hydrogens is 379 g/mol. The Bertz CT molecular complexity index is 233. The zero-order valence-corrected chi connectivity index (χ0v) is 18.7. The van der Waals surface area contributed by atoms with Crippen LogP contribution < -0.4 is 0 Å². The molecule has 1 N–H and O–H groups in total. The van der Waals surface area contributed by atoms with Crippen LogP contribution in [0.3, 0.4) is 0 Å². The van der Waals surface area contributed by atoms with Crippen LogP contribution >= 0.6 is 0 Å². The van der Waals surface area contributed by atoms with Gasteiger partial charge in [0.15, 0.2) is 0 Å². The molecule has 24 heavy (non-hydrogen) atoms. The second-order valence-corrected chi connectivity index (χ2v) is 7.24. The Morgan fingerprint density at radius 3 is 1.25 bits per heavy atom. The molecule has 0 amide bonds. The first-order valence-electron chi connectivity index (χ1n) is 10.2. The summed E-state index contributed by atoms with van der Waals surface area (Å²) in [6, 6.07) is 0. The van der Waals surface area contributed by atoms with E-state index in [4.69, 9.17) is 5.11 Å². The molecule has 3 nitrogen and oxygen atoms in total. The van der Waals surface area contributed by atoms with Gasteiger partial charge in [-0.2, -0.15) is 0 Å². The van der Waals surface area contributed by atoms with Gasteiger partial charge >= 0.3 is 47.5 Å². The first-order valence-corrected chi connectivity index (χ1v) is 11.2. The minimum atomic E-state index is -0.653. The van der Waals surface area contributed by atoms with E-state index in [2.05, 4.69) is 9.74 Å². The average Bonchev–Trinajstić information content (AvgIpc) is 2.58. The molecule has 0 atom stereocenters. The molecule has 0 aliphatic heterocycles. The molecule has 0 unspecified atom stereocenters. The zero-order valence-electron chi connectivity index (χ0n) is 16.3. The van der Waals surface area contributed by atoms with Gasteiger partial charge in [-0.3, -0.25) is 4.79 Å². The number of carbonyl (C=O) groups is 1. The molecule has 0 aromatic rings. The second kappa shape index (κ2) is 25.6. The minimum absolute atomic E-state index is 0.345. The predicted molar refractivity (Wildman–Crippen MR) is 98.8 cm³/mol. The Labute approximate surface area is 166 Å². The Morgan fingerprint density at radius 1 is 0.708 bits per heavy atom. The van der Waals surface area contributed by atoms with Gasteiger partial charge in [-0.05, 0) is 6.42 Å². The Hall–Kier alpha value is 0.313. The fourth-order valence-corrected chi connectivity index (χ4v) is 2.65. The summed E-state index contributed by atoms with van der Waals surface area (Å²) in [6.07, 6.45) is 20.2. The van der Waals surface area contributed by atoms with Crippen LogP contribution in [0.2, 0.25) is 0 Å². The van der Waals surface area contributed by atoms with Crippen LogP contribution in [0, 0.1) is 0 Å². The van der Waals surface area contributed by atoms with Gasteiger partial charge in [0.1, 0.15) is 0 Å². The van der Waals surface area contributed by atoms with E-state index >= 15 is 0 Å². The molecular formula is C20H41O3Zr. The van der Waals surface area contributed by atoms with E-state index in [1.807, 2.05) is 6.92 Å². The van der Waals surface area contributed by atoms with Gasteiger partial charge < -0.3 is 5.11 Å². The summed E-state index contributed by atoms with van der Waals surface area (Å²) < 4.78 is 4.63.